The predicted octanol–water partition coefficient (Wildman–Crippen LogP) is 5.42. The summed E-state index contributed by atoms with van der Waals surface area (Å²) in [5.74, 6) is 0.798. The van der Waals surface area contributed by atoms with Crippen LogP contribution < -0.4 is 5.73 Å². The Bertz CT molecular complexity index is 202. The van der Waals surface area contributed by atoms with Crippen molar-refractivity contribution in [1.29, 1.82) is 0 Å². The minimum Gasteiger partial charge on any atom is -0.325 e. The zero-order valence-corrected chi connectivity index (χ0v) is 12.8. The SMILES string of the molecule is CCCCCCCCCC1(N)CCCCC1CC. The van der Waals surface area contributed by atoms with Crippen molar-refractivity contribution in [3.8, 4) is 0 Å². The third-order valence-electron chi connectivity index (χ3n) is 5.00. The Balaban J connectivity index is 2.12. The summed E-state index contributed by atoms with van der Waals surface area (Å²) in [5.41, 5.74) is 6.87. The van der Waals surface area contributed by atoms with Gasteiger partial charge in [-0.1, -0.05) is 78.1 Å². The Hall–Kier alpha value is -0.0400. The van der Waals surface area contributed by atoms with E-state index in [4.69, 9.17) is 5.73 Å². The molecule has 1 aliphatic carbocycles. The van der Waals surface area contributed by atoms with Gasteiger partial charge in [0.15, 0.2) is 0 Å². The number of unbranched alkanes of at least 4 members (excludes halogenated alkanes) is 6. The standard InChI is InChI=1S/C17H35N/c1-3-5-6-7-8-9-11-14-17(18)15-12-10-13-16(17)4-2/h16H,3-15,18H2,1-2H3. The number of hydrogen-bond donors (Lipinski definition) is 1. The van der Waals surface area contributed by atoms with Crippen LogP contribution in [-0.4, -0.2) is 5.54 Å². The van der Waals surface area contributed by atoms with E-state index in [1.165, 1.54) is 83.5 Å². The van der Waals surface area contributed by atoms with E-state index < -0.39 is 0 Å². The molecule has 0 saturated heterocycles. The van der Waals surface area contributed by atoms with Crippen molar-refractivity contribution < 1.29 is 0 Å². The lowest BCUT2D eigenvalue weighted by Crippen LogP contribution is -2.48. The minimum atomic E-state index is 0.191. The van der Waals surface area contributed by atoms with Crippen LogP contribution in [-0.2, 0) is 0 Å². The van der Waals surface area contributed by atoms with Crippen molar-refractivity contribution in [3.05, 3.63) is 0 Å². The number of rotatable bonds is 9. The molecule has 1 rings (SSSR count). The molecule has 1 nitrogen and oxygen atoms in total. The molecular formula is C17H35N. The van der Waals surface area contributed by atoms with Gasteiger partial charge in [-0.15, -0.1) is 0 Å². The smallest absolute Gasteiger partial charge is 0.0182 e. The molecule has 1 fully saturated rings. The fourth-order valence-corrected chi connectivity index (χ4v) is 3.69. The van der Waals surface area contributed by atoms with E-state index in [-0.39, 0.29) is 5.54 Å². The molecule has 1 heteroatoms. The molecule has 2 atom stereocenters. The van der Waals surface area contributed by atoms with Gasteiger partial charge < -0.3 is 5.73 Å². The predicted molar refractivity (Wildman–Crippen MR) is 81.8 cm³/mol. The Morgan fingerprint density at radius 3 is 2.28 bits per heavy atom. The van der Waals surface area contributed by atoms with Gasteiger partial charge in [0.05, 0.1) is 0 Å². The molecule has 18 heavy (non-hydrogen) atoms. The van der Waals surface area contributed by atoms with E-state index in [0.29, 0.717) is 0 Å². The molecule has 0 aliphatic heterocycles. The number of nitrogens with two attached hydrogens (primary N) is 1. The molecule has 0 aromatic carbocycles. The van der Waals surface area contributed by atoms with E-state index in [2.05, 4.69) is 13.8 Å². The summed E-state index contributed by atoms with van der Waals surface area (Å²) in [4.78, 5) is 0. The molecule has 0 aromatic rings. The summed E-state index contributed by atoms with van der Waals surface area (Å²) < 4.78 is 0. The Labute approximate surface area is 115 Å². The van der Waals surface area contributed by atoms with Crippen LogP contribution in [0, 0.1) is 5.92 Å². The highest BCUT2D eigenvalue weighted by Gasteiger charge is 2.35. The van der Waals surface area contributed by atoms with Crippen LogP contribution in [0.2, 0.25) is 0 Å². The highest BCUT2D eigenvalue weighted by atomic mass is 14.8. The molecular weight excluding hydrogens is 218 g/mol. The fourth-order valence-electron chi connectivity index (χ4n) is 3.69. The second-order valence-electron chi connectivity index (χ2n) is 6.46. The van der Waals surface area contributed by atoms with E-state index in [9.17, 15) is 0 Å². The zero-order valence-electron chi connectivity index (χ0n) is 12.8. The van der Waals surface area contributed by atoms with Crippen molar-refractivity contribution in [2.24, 2.45) is 11.7 Å². The maximum atomic E-state index is 6.68. The molecule has 0 bridgehead atoms. The normalized spacial score (nSPS) is 28.5. The van der Waals surface area contributed by atoms with Gasteiger partial charge in [0, 0.05) is 5.54 Å². The van der Waals surface area contributed by atoms with E-state index in [1.54, 1.807) is 0 Å². The van der Waals surface area contributed by atoms with Crippen LogP contribution in [0.4, 0.5) is 0 Å². The van der Waals surface area contributed by atoms with Gasteiger partial charge in [0.1, 0.15) is 0 Å². The van der Waals surface area contributed by atoms with Crippen molar-refractivity contribution in [3.63, 3.8) is 0 Å². The van der Waals surface area contributed by atoms with Gasteiger partial charge in [0.2, 0.25) is 0 Å². The van der Waals surface area contributed by atoms with E-state index in [0.717, 1.165) is 5.92 Å². The molecule has 1 saturated carbocycles. The summed E-state index contributed by atoms with van der Waals surface area (Å²) in [6.45, 7) is 4.61. The first-order chi connectivity index (χ1) is 8.73. The molecule has 2 N–H and O–H groups in total. The maximum absolute atomic E-state index is 6.68. The van der Waals surface area contributed by atoms with Crippen LogP contribution in [0.25, 0.3) is 0 Å². The third kappa shape index (κ3) is 5.30. The first-order valence-corrected chi connectivity index (χ1v) is 8.52. The summed E-state index contributed by atoms with van der Waals surface area (Å²) in [5, 5.41) is 0. The average molecular weight is 253 g/mol. The van der Waals surface area contributed by atoms with Gasteiger partial charge in [-0.2, -0.15) is 0 Å². The summed E-state index contributed by atoms with van der Waals surface area (Å²) in [6.07, 6.45) is 17.8. The monoisotopic (exact) mass is 253 g/mol. The summed E-state index contributed by atoms with van der Waals surface area (Å²) in [7, 11) is 0. The summed E-state index contributed by atoms with van der Waals surface area (Å²) in [6, 6.07) is 0. The highest BCUT2D eigenvalue weighted by molar-refractivity contribution is 4.93. The molecule has 0 spiro atoms. The van der Waals surface area contributed by atoms with Crippen molar-refractivity contribution in [2.75, 3.05) is 0 Å². The molecule has 1 aliphatic rings. The lowest BCUT2D eigenvalue weighted by Gasteiger charge is -2.41. The minimum absolute atomic E-state index is 0.191. The van der Waals surface area contributed by atoms with Crippen molar-refractivity contribution in [2.45, 2.75) is 103 Å². The second kappa shape index (κ2) is 8.96. The molecule has 108 valence electrons. The van der Waals surface area contributed by atoms with Crippen molar-refractivity contribution >= 4 is 0 Å². The van der Waals surface area contributed by atoms with Gasteiger partial charge in [0.25, 0.3) is 0 Å². The van der Waals surface area contributed by atoms with Crippen LogP contribution in [0.15, 0.2) is 0 Å². The third-order valence-corrected chi connectivity index (χ3v) is 5.00. The van der Waals surface area contributed by atoms with Gasteiger partial charge in [-0.25, -0.2) is 0 Å². The summed E-state index contributed by atoms with van der Waals surface area (Å²) >= 11 is 0. The molecule has 0 heterocycles. The lowest BCUT2D eigenvalue weighted by atomic mass is 9.69. The molecule has 0 aromatic heterocycles. The van der Waals surface area contributed by atoms with Gasteiger partial charge in [-0.05, 0) is 25.2 Å². The van der Waals surface area contributed by atoms with Crippen LogP contribution in [0.5, 0.6) is 0 Å². The quantitative estimate of drug-likeness (QED) is 0.545. The largest absolute Gasteiger partial charge is 0.325 e. The molecule has 0 radical (unpaired) electrons. The van der Waals surface area contributed by atoms with Crippen molar-refractivity contribution in [1.82, 2.24) is 0 Å². The highest BCUT2D eigenvalue weighted by Crippen LogP contribution is 2.37. The van der Waals surface area contributed by atoms with E-state index in [1.807, 2.05) is 0 Å². The Morgan fingerprint density at radius 1 is 0.944 bits per heavy atom. The van der Waals surface area contributed by atoms with Gasteiger partial charge >= 0.3 is 0 Å². The first-order valence-electron chi connectivity index (χ1n) is 8.52. The zero-order chi connectivity index (χ0) is 13.3. The topological polar surface area (TPSA) is 26.0 Å². The Morgan fingerprint density at radius 2 is 1.61 bits per heavy atom. The average Bonchev–Trinajstić information content (AvgIpc) is 2.38. The molecule has 2 unspecified atom stereocenters. The number of hydrogen-bond acceptors (Lipinski definition) is 1. The lowest BCUT2D eigenvalue weighted by molar-refractivity contribution is 0.167. The van der Waals surface area contributed by atoms with Gasteiger partial charge in [-0.3, -0.25) is 0 Å². The van der Waals surface area contributed by atoms with Crippen LogP contribution >= 0.6 is 0 Å². The Kier molecular flexibility index (Phi) is 7.97. The second-order valence-corrected chi connectivity index (χ2v) is 6.46. The van der Waals surface area contributed by atoms with E-state index >= 15 is 0 Å². The fraction of sp³-hybridized carbons (Fsp3) is 1.00. The van der Waals surface area contributed by atoms with Crippen LogP contribution in [0.1, 0.15) is 97.3 Å². The molecule has 0 amide bonds. The van der Waals surface area contributed by atoms with Crippen LogP contribution in [0.3, 0.4) is 0 Å². The first kappa shape index (κ1) is 16.0. The maximum Gasteiger partial charge on any atom is 0.0182 e.